The van der Waals surface area contributed by atoms with Crippen LogP contribution < -0.4 is 10.2 Å². The van der Waals surface area contributed by atoms with Gasteiger partial charge in [0.15, 0.2) is 0 Å². The summed E-state index contributed by atoms with van der Waals surface area (Å²) in [6.45, 7) is 2.64. The lowest BCUT2D eigenvalue weighted by atomic mass is 9.82. The maximum absolute atomic E-state index is 13.4. The highest BCUT2D eigenvalue weighted by molar-refractivity contribution is 5.82. The number of alkyl halides is 3. The number of rotatable bonds is 4. The molecule has 1 aromatic carbocycles. The van der Waals surface area contributed by atoms with E-state index < -0.39 is 17.7 Å². The summed E-state index contributed by atoms with van der Waals surface area (Å²) in [6.07, 6.45) is 3.61. The van der Waals surface area contributed by atoms with E-state index in [1.165, 1.54) is 44.2 Å². The molecule has 178 valence electrons. The Hall–Kier alpha value is -2.48. The van der Waals surface area contributed by atoms with E-state index in [1.807, 2.05) is 0 Å². The van der Waals surface area contributed by atoms with E-state index in [4.69, 9.17) is 4.42 Å². The van der Waals surface area contributed by atoms with Crippen LogP contribution in [0.25, 0.3) is 0 Å². The van der Waals surface area contributed by atoms with Crippen LogP contribution in [0.5, 0.6) is 0 Å². The van der Waals surface area contributed by atoms with Crippen molar-refractivity contribution in [3.8, 4) is 0 Å². The second-order valence-corrected chi connectivity index (χ2v) is 9.50. The first kappa shape index (κ1) is 22.3. The number of nitrogens with zero attached hydrogens (tertiary/aromatic N) is 2. The van der Waals surface area contributed by atoms with E-state index in [2.05, 4.69) is 15.1 Å². The number of benzene rings is 1. The quantitative estimate of drug-likeness (QED) is 0.723. The highest BCUT2D eigenvalue weighted by Gasteiger charge is 2.43. The Morgan fingerprint density at radius 3 is 2.67 bits per heavy atom. The highest BCUT2D eigenvalue weighted by Crippen LogP contribution is 2.40. The van der Waals surface area contributed by atoms with Crippen molar-refractivity contribution in [1.82, 2.24) is 10.2 Å². The molecule has 1 N–H and O–H groups in total. The van der Waals surface area contributed by atoms with Crippen molar-refractivity contribution in [1.29, 1.82) is 0 Å². The molecule has 0 spiro atoms. The molecule has 2 atom stereocenters. The minimum absolute atomic E-state index is 0.0542. The predicted octanol–water partition coefficient (Wildman–Crippen LogP) is 4.61. The Morgan fingerprint density at radius 1 is 1.12 bits per heavy atom. The molecule has 2 fully saturated rings. The number of nitrogens with one attached hydrogen (secondary N) is 1. The summed E-state index contributed by atoms with van der Waals surface area (Å²) in [7, 11) is 0. The van der Waals surface area contributed by atoms with E-state index in [-0.39, 0.29) is 18.5 Å². The van der Waals surface area contributed by atoms with E-state index in [0.29, 0.717) is 23.8 Å². The molecular formula is C25H30F3N3O2. The van der Waals surface area contributed by atoms with E-state index in [1.54, 1.807) is 24.5 Å². The summed E-state index contributed by atoms with van der Waals surface area (Å²) in [5.41, 5.74) is 0.784. The Bertz CT molecular complexity index is 970. The van der Waals surface area contributed by atoms with Gasteiger partial charge in [-0.2, -0.15) is 13.2 Å². The number of hydrogen-bond donors (Lipinski definition) is 1. The van der Waals surface area contributed by atoms with Crippen molar-refractivity contribution in [2.24, 2.45) is 5.92 Å². The van der Waals surface area contributed by atoms with Crippen LogP contribution in [0.3, 0.4) is 0 Å². The number of piperazine rings is 1. The number of fused-ring (bicyclic) bond motifs is 3. The summed E-state index contributed by atoms with van der Waals surface area (Å²) in [5, 5.41) is 2.96. The standard InChI is InChI=1S/C25H30F3N3O2/c26-25(27,28)18-8-9-22-17(13-18)14-21(24(32)29-15-20-7-4-12-33-20)23-16-30(10-11-31(22)23)19-5-2-1-3-6-19/h4,7-9,12-13,19,21,23H,1-3,5-6,10-11,14-16H2,(H,29,32)/t21-,23+/m0/s1. The average Bonchev–Trinajstić information content (AvgIpc) is 3.35. The average molecular weight is 462 g/mol. The molecule has 1 amide bonds. The van der Waals surface area contributed by atoms with Crippen LogP contribution in [0, 0.1) is 5.92 Å². The fourth-order valence-electron chi connectivity index (χ4n) is 5.82. The Labute approximate surface area is 191 Å². The van der Waals surface area contributed by atoms with Gasteiger partial charge in [0.1, 0.15) is 5.76 Å². The van der Waals surface area contributed by atoms with Gasteiger partial charge in [0, 0.05) is 31.4 Å². The zero-order valence-corrected chi connectivity index (χ0v) is 18.6. The maximum atomic E-state index is 13.4. The number of furan rings is 1. The molecule has 8 heteroatoms. The number of carbonyl (C=O) groups excluding carboxylic acids is 1. The topological polar surface area (TPSA) is 48.7 Å². The number of halogens is 3. The van der Waals surface area contributed by atoms with Gasteiger partial charge in [-0.3, -0.25) is 9.69 Å². The monoisotopic (exact) mass is 461 g/mol. The van der Waals surface area contributed by atoms with Gasteiger partial charge >= 0.3 is 6.18 Å². The van der Waals surface area contributed by atoms with Crippen LogP contribution in [-0.4, -0.2) is 42.5 Å². The van der Waals surface area contributed by atoms with Crippen molar-refractivity contribution >= 4 is 11.6 Å². The second kappa shape index (κ2) is 9.05. The van der Waals surface area contributed by atoms with Gasteiger partial charge in [0.25, 0.3) is 0 Å². The third kappa shape index (κ3) is 4.63. The number of anilines is 1. The molecule has 3 heterocycles. The molecule has 1 aromatic heterocycles. The minimum atomic E-state index is -4.40. The maximum Gasteiger partial charge on any atom is 0.416 e. The van der Waals surface area contributed by atoms with Crippen molar-refractivity contribution in [2.45, 2.75) is 63.3 Å². The van der Waals surface area contributed by atoms with Gasteiger partial charge in [-0.05, 0) is 55.2 Å². The third-order valence-corrected chi connectivity index (χ3v) is 7.52. The lowest BCUT2D eigenvalue weighted by Gasteiger charge is -2.51. The Balaban J connectivity index is 1.41. The molecule has 0 bridgehead atoms. The van der Waals surface area contributed by atoms with E-state index >= 15 is 0 Å². The van der Waals surface area contributed by atoms with Gasteiger partial charge in [-0.1, -0.05) is 19.3 Å². The molecule has 1 saturated carbocycles. The minimum Gasteiger partial charge on any atom is -0.467 e. The van der Waals surface area contributed by atoms with Gasteiger partial charge in [0.2, 0.25) is 5.91 Å². The molecule has 0 unspecified atom stereocenters. The number of amides is 1. The fourth-order valence-corrected chi connectivity index (χ4v) is 5.82. The Morgan fingerprint density at radius 2 is 1.94 bits per heavy atom. The molecule has 1 aliphatic carbocycles. The summed E-state index contributed by atoms with van der Waals surface area (Å²) < 4.78 is 45.4. The summed E-state index contributed by atoms with van der Waals surface area (Å²) >= 11 is 0. The van der Waals surface area contributed by atoms with Crippen LogP contribution in [0.15, 0.2) is 41.0 Å². The van der Waals surface area contributed by atoms with E-state index in [0.717, 1.165) is 25.3 Å². The number of carbonyl (C=O) groups is 1. The highest BCUT2D eigenvalue weighted by atomic mass is 19.4. The predicted molar refractivity (Wildman–Crippen MR) is 119 cm³/mol. The smallest absolute Gasteiger partial charge is 0.416 e. The van der Waals surface area contributed by atoms with E-state index in [9.17, 15) is 18.0 Å². The SMILES string of the molecule is O=C(NCc1ccco1)[C@H]1Cc2cc(C(F)(F)F)ccc2N2CCN(C3CCCCC3)C[C@H]12. The molecule has 1 saturated heterocycles. The van der Waals surface area contributed by atoms with Gasteiger partial charge in [0.05, 0.1) is 30.3 Å². The zero-order valence-electron chi connectivity index (χ0n) is 18.6. The van der Waals surface area contributed by atoms with Crippen molar-refractivity contribution in [3.63, 3.8) is 0 Å². The molecule has 33 heavy (non-hydrogen) atoms. The summed E-state index contributed by atoms with van der Waals surface area (Å²) in [5.74, 6) is 0.112. The molecule has 0 radical (unpaired) electrons. The van der Waals surface area contributed by atoms with Crippen molar-refractivity contribution in [3.05, 3.63) is 53.5 Å². The van der Waals surface area contributed by atoms with Crippen LogP contribution in [0.1, 0.15) is 49.0 Å². The molecule has 5 nitrogen and oxygen atoms in total. The Kier molecular flexibility index (Phi) is 6.12. The molecule has 5 rings (SSSR count). The third-order valence-electron chi connectivity index (χ3n) is 7.52. The first-order valence-corrected chi connectivity index (χ1v) is 11.9. The molecular weight excluding hydrogens is 431 g/mol. The second-order valence-electron chi connectivity index (χ2n) is 9.50. The largest absolute Gasteiger partial charge is 0.467 e. The lowest BCUT2D eigenvalue weighted by molar-refractivity contribution is -0.137. The van der Waals surface area contributed by atoms with Crippen LogP contribution in [-0.2, 0) is 23.9 Å². The summed E-state index contributed by atoms with van der Waals surface area (Å²) in [4.78, 5) is 18.0. The fraction of sp³-hybridized carbons (Fsp3) is 0.560. The van der Waals surface area contributed by atoms with Gasteiger partial charge < -0.3 is 14.6 Å². The number of hydrogen-bond acceptors (Lipinski definition) is 4. The van der Waals surface area contributed by atoms with Crippen molar-refractivity contribution < 1.29 is 22.4 Å². The lowest BCUT2D eigenvalue weighted by Crippen LogP contribution is -2.62. The van der Waals surface area contributed by atoms with Crippen molar-refractivity contribution in [2.75, 3.05) is 24.5 Å². The molecule has 2 aromatic rings. The van der Waals surface area contributed by atoms with Crippen LogP contribution in [0.2, 0.25) is 0 Å². The molecule has 2 aliphatic heterocycles. The van der Waals surface area contributed by atoms with Crippen LogP contribution in [0.4, 0.5) is 18.9 Å². The first-order chi connectivity index (χ1) is 15.9. The summed E-state index contributed by atoms with van der Waals surface area (Å²) in [6, 6.07) is 8.04. The molecule has 3 aliphatic rings. The first-order valence-electron chi connectivity index (χ1n) is 11.9. The van der Waals surface area contributed by atoms with Gasteiger partial charge in [-0.25, -0.2) is 0 Å². The van der Waals surface area contributed by atoms with Crippen LogP contribution >= 0.6 is 0 Å². The van der Waals surface area contributed by atoms with Gasteiger partial charge in [-0.15, -0.1) is 0 Å². The zero-order chi connectivity index (χ0) is 23.0. The normalized spacial score (nSPS) is 24.3.